The number of aromatic nitrogens is 1. The summed E-state index contributed by atoms with van der Waals surface area (Å²) >= 11 is 1.80. The largest absolute Gasteiger partial charge is 0.490 e. The van der Waals surface area contributed by atoms with Gasteiger partial charge >= 0.3 is 0 Å². The predicted octanol–water partition coefficient (Wildman–Crippen LogP) is 5.58. The van der Waals surface area contributed by atoms with Crippen LogP contribution in [-0.4, -0.2) is 47.3 Å². The number of H-pyrrole nitrogens is 1. The first-order chi connectivity index (χ1) is 15.5. The zero-order valence-electron chi connectivity index (χ0n) is 18.3. The number of piperidine rings is 1. The van der Waals surface area contributed by atoms with Gasteiger partial charge in [0.2, 0.25) is 0 Å². The number of allylic oxidation sites excluding steroid dienone is 3. The SMILES string of the molecule is Cc1cc2c(OCC(O)CN3CCC(c4cc5c(s4)C=CC(F)=CC5)CC3)cccc2[nH]1. The summed E-state index contributed by atoms with van der Waals surface area (Å²) in [5.74, 6) is 1.21. The van der Waals surface area contributed by atoms with Crippen molar-refractivity contribution < 1.29 is 14.2 Å². The number of nitrogens with one attached hydrogen (secondary N) is 1. The third-order valence-electron chi connectivity index (χ3n) is 6.42. The van der Waals surface area contributed by atoms with Crippen molar-refractivity contribution in [2.75, 3.05) is 26.2 Å². The predicted molar refractivity (Wildman–Crippen MR) is 129 cm³/mol. The monoisotopic (exact) mass is 452 g/mol. The molecule has 1 aromatic carbocycles. The van der Waals surface area contributed by atoms with Crippen LogP contribution in [0.5, 0.6) is 5.75 Å². The molecule has 0 amide bonds. The van der Waals surface area contributed by atoms with E-state index in [0.29, 0.717) is 18.9 Å². The molecule has 2 aliphatic rings. The van der Waals surface area contributed by atoms with Gasteiger partial charge in [-0.3, -0.25) is 0 Å². The molecule has 1 aliphatic heterocycles. The Balaban J connectivity index is 1.12. The molecule has 0 saturated carbocycles. The molecule has 0 spiro atoms. The minimum absolute atomic E-state index is 0.148. The molecule has 1 saturated heterocycles. The van der Waals surface area contributed by atoms with Crippen LogP contribution in [0, 0.1) is 6.92 Å². The van der Waals surface area contributed by atoms with Gasteiger partial charge in [-0.05, 0) is 93.3 Å². The number of hydrogen-bond donors (Lipinski definition) is 2. The number of nitrogens with zero attached hydrogens (tertiary/aromatic N) is 1. The number of likely N-dealkylation sites (tertiary alicyclic amines) is 1. The van der Waals surface area contributed by atoms with Crippen molar-refractivity contribution in [2.24, 2.45) is 0 Å². The fourth-order valence-corrected chi connectivity index (χ4v) is 5.99. The Bertz CT molecular complexity index is 1150. The molecule has 1 unspecified atom stereocenters. The molecule has 3 heterocycles. The molecule has 2 aromatic heterocycles. The number of aromatic amines is 1. The first-order valence-electron chi connectivity index (χ1n) is 11.3. The topological polar surface area (TPSA) is 48.5 Å². The van der Waals surface area contributed by atoms with Crippen LogP contribution in [-0.2, 0) is 6.42 Å². The Kier molecular flexibility index (Phi) is 6.17. The standard InChI is InChI=1S/C26H29FN2O2S/c1-17-13-22-23(28-17)3-2-4-24(22)31-16-21(30)15-29-11-9-18(10-12-29)26-14-19-5-6-20(27)7-8-25(19)32-26/h2-4,6-8,13-14,18,21,28,30H,5,9-12,15-16H2,1H3. The number of benzene rings is 1. The smallest absolute Gasteiger partial charge is 0.128 e. The summed E-state index contributed by atoms with van der Waals surface area (Å²) in [5.41, 5.74) is 3.39. The molecule has 32 heavy (non-hydrogen) atoms. The molecule has 1 fully saturated rings. The zero-order valence-corrected chi connectivity index (χ0v) is 19.1. The van der Waals surface area contributed by atoms with Gasteiger partial charge in [0.05, 0.1) is 0 Å². The van der Waals surface area contributed by atoms with Gasteiger partial charge < -0.3 is 19.7 Å². The number of aliphatic hydroxyl groups is 1. The van der Waals surface area contributed by atoms with E-state index in [9.17, 15) is 9.50 Å². The van der Waals surface area contributed by atoms with Gasteiger partial charge in [-0.25, -0.2) is 4.39 Å². The zero-order chi connectivity index (χ0) is 22.1. The van der Waals surface area contributed by atoms with Crippen LogP contribution in [0.3, 0.4) is 0 Å². The highest BCUT2D eigenvalue weighted by Gasteiger charge is 2.24. The summed E-state index contributed by atoms with van der Waals surface area (Å²) in [7, 11) is 0. The molecule has 0 bridgehead atoms. The third-order valence-corrected chi connectivity index (χ3v) is 7.73. The van der Waals surface area contributed by atoms with Crippen molar-refractivity contribution in [1.29, 1.82) is 0 Å². The Morgan fingerprint density at radius 2 is 2.09 bits per heavy atom. The molecule has 1 atom stereocenters. The quantitative estimate of drug-likeness (QED) is 0.513. The van der Waals surface area contributed by atoms with E-state index in [0.717, 1.165) is 48.3 Å². The van der Waals surface area contributed by atoms with Crippen LogP contribution in [0.25, 0.3) is 17.0 Å². The molecule has 0 radical (unpaired) electrons. The summed E-state index contributed by atoms with van der Waals surface area (Å²) in [5, 5.41) is 11.6. The molecule has 168 valence electrons. The summed E-state index contributed by atoms with van der Waals surface area (Å²) < 4.78 is 19.4. The van der Waals surface area contributed by atoms with E-state index in [1.54, 1.807) is 23.5 Å². The summed E-state index contributed by atoms with van der Waals surface area (Å²) in [4.78, 5) is 8.25. The van der Waals surface area contributed by atoms with Crippen molar-refractivity contribution >= 4 is 28.3 Å². The highest BCUT2D eigenvalue weighted by molar-refractivity contribution is 7.13. The fraction of sp³-hybridized carbons (Fsp3) is 0.385. The molecule has 6 heteroatoms. The van der Waals surface area contributed by atoms with Crippen molar-refractivity contribution in [3.63, 3.8) is 0 Å². The van der Waals surface area contributed by atoms with E-state index in [1.165, 1.54) is 15.3 Å². The lowest BCUT2D eigenvalue weighted by atomic mass is 9.94. The Labute approximate surface area is 192 Å². The van der Waals surface area contributed by atoms with E-state index in [1.807, 2.05) is 31.2 Å². The normalized spacial score (nSPS) is 18.4. The van der Waals surface area contributed by atoms with Crippen LogP contribution < -0.4 is 4.74 Å². The second-order valence-electron chi connectivity index (χ2n) is 8.87. The van der Waals surface area contributed by atoms with Crippen LogP contribution >= 0.6 is 11.3 Å². The number of halogens is 1. The molecule has 3 aromatic rings. The lowest BCUT2D eigenvalue weighted by Crippen LogP contribution is -2.40. The van der Waals surface area contributed by atoms with Gasteiger partial charge in [0.15, 0.2) is 0 Å². The number of fused-ring (bicyclic) bond motifs is 2. The number of aliphatic hydroxyl groups excluding tert-OH is 1. The number of rotatable bonds is 6. The van der Waals surface area contributed by atoms with Crippen molar-refractivity contribution in [3.8, 4) is 5.75 Å². The summed E-state index contributed by atoms with van der Waals surface area (Å²) in [6, 6.07) is 10.3. The van der Waals surface area contributed by atoms with Gasteiger partial charge in [0, 0.05) is 32.9 Å². The molecule has 5 rings (SSSR count). The molecule has 2 N–H and O–H groups in total. The molecular weight excluding hydrogens is 423 g/mol. The van der Waals surface area contributed by atoms with E-state index in [4.69, 9.17) is 4.74 Å². The van der Waals surface area contributed by atoms with Gasteiger partial charge in [-0.2, -0.15) is 0 Å². The lowest BCUT2D eigenvalue weighted by molar-refractivity contribution is 0.0600. The summed E-state index contributed by atoms with van der Waals surface area (Å²) in [6.07, 6.45) is 7.45. The van der Waals surface area contributed by atoms with Gasteiger partial charge in [0.1, 0.15) is 24.3 Å². The summed E-state index contributed by atoms with van der Waals surface area (Å²) in [6.45, 7) is 4.89. The average molecular weight is 453 g/mol. The Morgan fingerprint density at radius 3 is 2.94 bits per heavy atom. The number of hydrogen-bond acceptors (Lipinski definition) is 4. The number of thiophene rings is 1. The maximum atomic E-state index is 13.5. The van der Waals surface area contributed by atoms with E-state index >= 15 is 0 Å². The molecule has 4 nitrogen and oxygen atoms in total. The van der Waals surface area contributed by atoms with Crippen molar-refractivity contribution in [3.05, 3.63) is 69.3 Å². The highest BCUT2D eigenvalue weighted by Crippen LogP contribution is 2.37. The Hall–Kier alpha value is -2.41. The lowest BCUT2D eigenvalue weighted by Gasteiger charge is -2.32. The number of aryl methyl sites for hydroxylation is 1. The second-order valence-corrected chi connectivity index (χ2v) is 9.99. The van der Waals surface area contributed by atoms with Crippen LogP contribution in [0.4, 0.5) is 4.39 Å². The van der Waals surface area contributed by atoms with E-state index < -0.39 is 6.10 Å². The first-order valence-corrected chi connectivity index (χ1v) is 12.1. The maximum absolute atomic E-state index is 13.5. The van der Waals surface area contributed by atoms with Gasteiger partial charge in [-0.15, -0.1) is 11.3 Å². The van der Waals surface area contributed by atoms with Crippen LogP contribution in [0.1, 0.15) is 39.8 Å². The molecule has 1 aliphatic carbocycles. The minimum Gasteiger partial charge on any atom is -0.490 e. The van der Waals surface area contributed by atoms with Gasteiger partial charge in [-0.1, -0.05) is 6.07 Å². The number of β-amino-alcohol motifs (C(OH)–C–C–N with tert-alkyl or cyclic N) is 1. The van der Waals surface area contributed by atoms with Gasteiger partial charge in [0.25, 0.3) is 0 Å². The number of ether oxygens (including phenoxy) is 1. The van der Waals surface area contributed by atoms with E-state index in [2.05, 4.69) is 22.0 Å². The fourth-order valence-electron chi connectivity index (χ4n) is 4.73. The van der Waals surface area contributed by atoms with E-state index in [-0.39, 0.29) is 12.4 Å². The Morgan fingerprint density at radius 1 is 1.25 bits per heavy atom. The highest BCUT2D eigenvalue weighted by atomic mass is 32.1. The van der Waals surface area contributed by atoms with Crippen LogP contribution in [0.15, 0.2) is 48.3 Å². The second kappa shape index (κ2) is 9.22. The minimum atomic E-state index is -0.522. The van der Waals surface area contributed by atoms with Crippen molar-refractivity contribution in [1.82, 2.24) is 9.88 Å². The average Bonchev–Trinajstić information content (AvgIpc) is 3.33. The van der Waals surface area contributed by atoms with Crippen LogP contribution in [0.2, 0.25) is 0 Å². The first kappa shape index (κ1) is 21.4. The third kappa shape index (κ3) is 4.68. The van der Waals surface area contributed by atoms with Crippen molar-refractivity contribution in [2.45, 2.75) is 38.2 Å². The maximum Gasteiger partial charge on any atom is 0.128 e. The molecular formula is C26H29FN2O2S.